The summed E-state index contributed by atoms with van der Waals surface area (Å²) in [4.78, 5) is 28.1. The van der Waals surface area contributed by atoms with Gasteiger partial charge in [-0.05, 0) is 12.8 Å². The van der Waals surface area contributed by atoms with E-state index in [2.05, 4.69) is 4.98 Å². The van der Waals surface area contributed by atoms with Crippen LogP contribution in [0.1, 0.15) is 32.4 Å². The van der Waals surface area contributed by atoms with Crippen molar-refractivity contribution in [1.29, 1.82) is 0 Å². The number of aliphatic hydroxyl groups excluding tert-OH is 1. The third kappa shape index (κ3) is 4.70. The van der Waals surface area contributed by atoms with Crippen LogP contribution >= 0.6 is 0 Å². The summed E-state index contributed by atoms with van der Waals surface area (Å²) in [5, 5.41) is 8.89. The summed E-state index contributed by atoms with van der Waals surface area (Å²) in [6, 6.07) is 1.26. The highest BCUT2D eigenvalue weighted by Gasteiger charge is 2.13. The van der Waals surface area contributed by atoms with Crippen molar-refractivity contribution in [2.24, 2.45) is 0 Å². The lowest BCUT2D eigenvalue weighted by Crippen LogP contribution is -2.36. The molecule has 112 valence electrons. The third-order valence-electron chi connectivity index (χ3n) is 2.80. The normalized spacial score (nSPS) is 10.3. The highest BCUT2D eigenvalue weighted by atomic mass is 16.5. The molecule has 2 N–H and O–H groups in total. The minimum atomic E-state index is -0.349. The molecule has 0 aliphatic heterocycles. The van der Waals surface area contributed by atoms with Gasteiger partial charge in [0, 0.05) is 31.0 Å². The Hall–Kier alpha value is -1.82. The number of hydrogen-bond donors (Lipinski definition) is 2. The zero-order valence-corrected chi connectivity index (χ0v) is 12.0. The summed E-state index contributed by atoms with van der Waals surface area (Å²) in [7, 11) is 0. The van der Waals surface area contributed by atoms with E-state index in [1.807, 2.05) is 13.8 Å². The predicted molar refractivity (Wildman–Crippen MR) is 75.6 cm³/mol. The first-order valence-electron chi connectivity index (χ1n) is 6.85. The van der Waals surface area contributed by atoms with Crippen LogP contribution in [-0.2, 0) is 11.4 Å². The number of carbonyl (C=O) groups is 1. The van der Waals surface area contributed by atoms with Crippen LogP contribution in [0.3, 0.4) is 0 Å². The molecule has 1 amide bonds. The fraction of sp³-hybridized carbons (Fsp3) is 0.571. The number of nitrogens with one attached hydrogen (secondary N) is 1. The highest BCUT2D eigenvalue weighted by molar-refractivity contribution is 5.77. The standard InChI is InChI=1S/C14H22N2O4/c1-3-5-16(6-4-2)14(19)10-20-13-8-15-11(9-17)7-12(13)18/h7-8,17H,3-6,9-10H2,1-2H3,(H,15,18). The van der Waals surface area contributed by atoms with Crippen molar-refractivity contribution in [2.75, 3.05) is 19.7 Å². The van der Waals surface area contributed by atoms with Gasteiger partial charge in [0.1, 0.15) is 0 Å². The lowest BCUT2D eigenvalue weighted by Gasteiger charge is -2.21. The van der Waals surface area contributed by atoms with Gasteiger partial charge in [-0.3, -0.25) is 9.59 Å². The molecule has 0 aliphatic rings. The topological polar surface area (TPSA) is 82.6 Å². The minimum Gasteiger partial charge on any atom is -0.478 e. The molecule has 0 saturated heterocycles. The zero-order chi connectivity index (χ0) is 15.0. The zero-order valence-electron chi connectivity index (χ0n) is 12.0. The highest BCUT2D eigenvalue weighted by Crippen LogP contribution is 2.03. The molecule has 0 saturated carbocycles. The lowest BCUT2D eigenvalue weighted by molar-refractivity contribution is -0.133. The summed E-state index contributed by atoms with van der Waals surface area (Å²) >= 11 is 0. The molecule has 1 aromatic heterocycles. The van der Waals surface area contributed by atoms with Crippen molar-refractivity contribution in [1.82, 2.24) is 9.88 Å². The Morgan fingerprint density at radius 1 is 1.35 bits per heavy atom. The maximum absolute atomic E-state index is 12.0. The molecule has 0 fully saturated rings. The summed E-state index contributed by atoms with van der Waals surface area (Å²) in [5.41, 5.74) is 0.0606. The minimum absolute atomic E-state index is 0.0866. The Balaban J connectivity index is 2.61. The van der Waals surface area contributed by atoms with Crippen LogP contribution in [0.5, 0.6) is 5.75 Å². The second-order valence-corrected chi connectivity index (χ2v) is 4.51. The van der Waals surface area contributed by atoms with Gasteiger partial charge < -0.3 is 19.7 Å². The number of pyridine rings is 1. The number of aliphatic hydroxyl groups is 1. The molecule has 6 heteroatoms. The van der Waals surface area contributed by atoms with Crippen molar-refractivity contribution in [3.05, 3.63) is 28.2 Å². The van der Waals surface area contributed by atoms with Crippen molar-refractivity contribution >= 4 is 5.91 Å². The van der Waals surface area contributed by atoms with Gasteiger partial charge in [-0.2, -0.15) is 0 Å². The lowest BCUT2D eigenvalue weighted by atomic mass is 10.3. The maximum Gasteiger partial charge on any atom is 0.260 e. The molecule has 0 aliphatic carbocycles. The average Bonchev–Trinajstić information content (AvgIpc) is 2.45. The second kappa shape index (κ2) is 8.37. The molecule has 20 heavy (non-hydrogen) atoms. The van der Waals surface area contributed by atoms with Crippen LogP contribution < -0.4 is 10.2 Å². The largest absolute Gasteiger partial charge is 0.478 e. The van der Waals surface area contributed by atoms with E-state index in [1.165, 1.54) is 12.3 Å². The first-order chi connectivity index (χ1) is 9.62. The molecule has 0 atom stereocenters. The molecular weight excluding hydrogens is 260 g/mol. The van der Waals surface area contributed by atoms with E-state index in [1.54, 1.807) is 4.90 Å². The van der Waals surface area contributed by atoms with E-state index < -0.39 is 0 Å². The molecular formula is C14H22N2O4. The summed E-state index contributed by atoms with van der Waals surface area (Å²) in [6.07, 6.45) is 3.14. The van der Waals surface area contributed by atoms with Gasteiger partial charge in [-0.1, -0.05) is 13.8 Å². The van der Waals surface area contributed by atoms with Gasteiger partial charge in [0.25, 0.3) is 5.91 Å². The summed E-state index contributed by atoms with van der Waals surface area (Å²) in [6.45, 7) is 5.01. The van der Waals surface area contributed by atoms with E-state index >= 15 is 0 Å². The number of ether oxygens (including phenoxy) is 1. The van der Waals surface area contributed by atoms with Crippen molar-refractivity contribution in [3.63, 3.8) is 0 Å². The summed E-state index contributed by atoms with van der Waals surface area (Å²) < 4.78 is 5.26. The van der Waals surface area contributed by atoms with Gasteiger partial charge in [0.05, 0.1) is 6.61 Å². The van der Waals surface area contributed by atoms with Crippen molar-refractivity contribution in [2.45, 2.75) is 33.3 Å². The number of rotatable bonds is 8. The molecule has 6 nitrogen and oxygen atoms in total. The molecule has 1 aromatic rings. The molecule has 0 bridgehead atoms. The smallest absolute Gasteiger partial charge is 0.260 e. The number of nitrogens with zero attached hydrogens (tertiary/aromatic N) is 1. The Morgan fingerprint density at radius 3 is 2.50 bits per heavy atom. The quantitative estimate of drug-likeness (QED) is 0.742. The molecule has 0 unspecified atom stereocenters. The average molecular weight is 282 g/mol. The van der Waals surface area contributed by atoms with Gasteiger partial charge in [-0.15, -0.1) is 0 Å². The van der Waals surface area contributed by atoms with Gasteiger partial charge in [0.2, 0.25) is 5.43 Å². The molecule has 0 radical (unpaired) electrons. The number of hydrogen-bond acceptors (Lipinski definition) is 4. The molecule has 0 aromatic carbocycles. The van der Waals surface area contributed by atoms with Crippen molar-refractivity contribution < 1.29 is 14.6 Å². The Morgan fingerprint density at radius 2 is 2.00 bits per heavy atom. The number of amides is 1. The van der Waals surface area contributed by atoms with Crippen LogP contribution in [0, 0.1) is 0 Å². The molecule has 0 spiro atoms. The Labute approximate surface area is 118 Å². The van der Waals surface area contributed by atoms with Crippen molar-refractivity contribution in [3.8, 4) is 5.75 Å². The number of aromatic nitrogens is 1. The predicted octanol–water partition coefficient (Wildman–Crippen LogP) is 0.895. The van der Waals surface area contributed by atoms with Crippen LogP contribution in [0.2, 0.25) is 0 Å². The van der Waals surface area contributed by atoms with Crippen LogP contribution in [-0.4, -0.2) is 40.6 Å². The van der Waals surface area contributed by atoms with Gasteiger partial charge in [-0.25, -0.2) is 0 Å². The van der Waals surface area contributed by atoms with E-state index in [0.29, 0.717) is 18.8 Å². The van der Waals surface area contributed by atoms with Gasteiger partial charge in [0.15, 0.2) is 12.4 Å². The monoisotopic (exact) mass is 282 g/mol. The van der Waals surface area contributed by atoms with Gasteiger partial charge >= 0.3 is 0 Å². The fourth-order valence-corrected chi connectivity index (χ4v) is 1.84. The van der Waals surface area contributed by atoms with Crippen LogP contribution in [0.15, 0.2) is 17.1 Å². The SMILES string of the molecule is CCCN(CCC)C(=O)COc1c[nH]c(CO)cc1=O. The maximum atomic E-state index is 12.0. The van der Waals surface area contributed by atoms with E-state index in [-0.39, 0.29) is 30.3 Å². The molecule has 1 rings (SSSR count). The van der Waals surface area contributed by atoms with E-state index in [0.717, 1.165) is 12.8 Å². The first-order valence-corrected chi connectivity index (χ1v) is 6.85. The van der Waals surface area contributed by atoms with E-state index in [9.17, 15) is 9.59 Å². The first kappa shape index (κ1) is 16.2. The number of carbonyl (C=O) groups excluding carboxylic acids is 1. The fourth-order valence-electron chi connectivity index (χ4n) is 1.84. The van der Waals surface area contributed by atoms with Crippen LogP contribution in [0.25, 0.3) is 0 Å². The number of aromatic amines is 1. The van der Waals surface area contributed by atoms with E-state index in [4.69, 9.17) is 9.84 Å². The van der Waals surface area contributed by atoms with Crippen LogP contribution in [0.4, 0.5) is 0 Å². The second-order valence-electron chi connectivity index (χ2n) is 4.51. The number of H-pyrrole nitrogens is 1. The third-order valence-corrected chi connectivity index (χ3v) is 2.80. The Kier molecular flexibility index (Phi) is 6.79. The molecule has 1 heterocycles. The Bertz CT molecular complexity index is 478. The summed E-state index contributed by atoms with van der Waals surface area (Å²) in [5.74, 6) is -0.0390.